The van der Waals surface area contributed by atoms with Gasteiger partial charge in [-0.3, -0.25) is 4.79 Å². The van der Waals surface area contributed by atoms with Crippen molar-refractivity contribution in [2.75, 3.05) is 11.9 Å². The van der Waals surface area contributed by atoms with E-state index < -0.39 is 23.2 Å². The van der Waals surface area contributed by atoms with Crippen LogP contribution < -0.4 is 16.8 Å². The van der Waals surface area contributed by atoms with Crippen molar-refractivity contribution in [2.45, 2.75) is 31.5 Å². The fraction of sp³-hybridized carbons (Fsp3) is 0.500. The largest absolute Gasteiger partial charge is 0.416 e. The first kappa shape index (κ1) is 15.6. The van der Waals surface area contributed by atoms with Gasteiger partial charge in [0.2, 0.25) is 0 Å². The summed E-state index contributed by atoms with van der Waals surface area (Å²) < 4.78 is 38.1. The number of nitrogens with one attached hydrogen (secondary N) is 1. The lowest BCUT2D eigenvalue weighted by Crippen LogP contribution is -2.45. The van der Waals surface area contributed by atoms with Gasteiger partial charge in [0.15, 0.2) is 0 Å². The van der Waals surface area contributed by atoms with Crippen molar-refractivity contribution >= 4 is 11.6 Å². The lowest BCUT2D eigenvalue weighted by Gasteiger charge is -2.31. The highest BCUT2D eigenvalue weighted by molar-refractivity contribution is 5.98. The molecule has 1 aromatic carbocycles. The van der Waals surface area contributed by atoms with Crippen molar-refractivity contribution in [1.29, 1.82) is 0 Å². The maximum absolute atomic E-state index is 12.7. The maximum atomic E-state index is 12.7. The summed E-state index contributed by atoms with van der Waals surface area (Å²) in [6.45, 7) is 2.21. The number of carbonyl (C=O) groups is 1. The van der Waals surface area contributed by atoms with Gasteiger partial charge in [0.1, 0.15) is 0 Å². The van der Waals surface area contributed by atoms with Gasteiger partial charge in [-0.2, -0.15) is 13.2 Å². The van der Waals surface area contributed by atoms with Crippen LogP contribution in [0, 0.1) is 5.92 Å². The molecule has 116 valence electrons. The zero-order chi connectivity index (χ0) is 15.8. The molecule has 1 amide bonds. The number of primary amides is 1. The molecule has 5 N–H and O–H groups in total. The molecule has 2 rings (SSSR count). The van der Waals surface area contributed by atoms with Crippen LogP contribution in [-0.4, -0.2) is 18.0 Å². The van der Waals surface area contributed by atoms with Crippen LogP contribution in [0.1, 0.15) is 35.7 Å². The van der Waals surface area contributed by atoms with E-state index in [1.807, 2.05) is 6.92 Å². The van der Waals surface area contributed by atoms with E-state index in [0.717, 1.165) is 25.0 Å². The third-order valence-electron chi connectivity index (χ3n) is 3.94. The number of carbonyl (C=O) groups excluding carboxylic acids is 1. The van der Waals surface area contributed by atoms with Crippen molar-refractivity contribution in [3.8, 4) is 0 Å². The third kappa shape index (κ3) is 3.29. The number of rotatable bonds is 5. The Morgan fingerprint density at radius 1 is 1.38 bits per heavy atom. The molecule has 0 bridgehead atoms. The second-order valence-electron chi connectivity index (χ2n) is 5.64. The van der Waals surface area contributed by atoms with Crippen LogP contribution in [0.3, 0.4) is 0 Å². The van der Waals surface area contributed by atoms with Gasteiger partial charge in [0.05, 0.1) is 11.1 Å². The van der Waals surface area contributed by atoms with Gasteiger partial charge in [-0.25, -0.2) is 0 Å². The molecule has 1 saturated carbocycles. The predicted octanol–water partition coefficient (Wildman–Crippen LogP) is 2.34. The average molecular weight is 301 g/mol. The van der Waals surface area contributed by atoms with E-state index in [1.54, 1.807) is 0 Å². The van der Waals surface area contributed by atoms with Gasteiger partial charge in [-0.05, 0) is 43.9 Å². The summed E-state index contributed by atoms with van der Waals surface area (Å²) in [6.07, 6.45) is -2.50. The Morgan fingerprint density at radius 2 is 2.00 bits per heavy atom. The minimum Gasteiger partial charge on any atom is -0.378 e. The van der Waals surface area contributed by atoms with Crippen molar-refractivity contribution in [1.82, 2.24) is 0 Å². The van der Waals surface area contributed by atoms with E-state index in [2.05, 4.69) is 5.32 Å². The first-order valence-corrected chi connectivity index (χ1v) is 6.66. The number of alkyl halides is 3. The Balaban J connectivity index is 2.37. The van der Waals surface area contributed by atoms with E-state index in [0.29, 0.717) is 12.5 Å². The molecule has 0 spiro atoms. The molecule has 21 heavy (non-hydrogen) atoms. The second-order valence-corrected chi connectivity index (χ2v) is 5.64. The fourth-order valence-corrected chi connectivity index (χ4v) is 2.38. The minimum atomic E-state index is -4.52. The lowest BCUT2D eigenvalue weighted by molar-refractivity contribution is -0.137. The van der Waals surface area contributed by atoms with Crippen LogP contribution in [0.25, 0.3) is 0 Å². The zero-order valence-electron chi connectivity index (χ0n) is 11.6. The Morgan fingerprint density at radius 3 is 2.43 bits per heavy atom. The SMILES string of the molecule is CC(CN)(Nc1ccc(C(F)(F)F)cc1C(N)=O)C1CC1. The van der Waals surface area contributed by atoms with E-state index in [1.165, 1.54) is 6.07 Å². The molecule has 1 aliphatic carbocycles. The molecule has 0 heterocycles. The number of hydrogen-bond acceptors (Lipinski definition) is 3. The summed E-state index contributed by atoms with van der Waals surface area (Å²) in [5, 5.41) is 3.10. The Kier molecular flexibility index (Phi) is 3.88. The van der Waals surface area contributed by atoms with Gasteiger partial charge < -0.3 is 16.8 Å². The smallest absolute Gasteiger partial charge is 0.378 e. The normalized spacial score (nSPS) is 18.1. The van der Waals surface area contributed by atoms with Crippen molar-refractivity contribution in [3.63, 3.8) is 0 Å². The summed E-state index contributed by atoms with van der Waals surface area (Å²) in [6, 6.07) is 2.94. The van der Waals surface area contributed by atoms with Crippen LogP contribution in [0.15, 0.2) is 18.2 Å². The van der Waals surface area contributed by atoms with Crippen LogP contribution in [-0.2, 0) is 6.18 Å². The minimum absolute atomic E-state index is 0.176. The number of halogens is 3. The summed E-state index contributed by atoms with van der Waals surface area (Å²) in [5.41, 5.74) is 9.72. The van der Waals surface area contributed by atoms with Gasteiger partial charge in [0.25, 0.3) is 5.91 Å². The Bertz CT molecular complexity index is 555. The third-order valence-corrected chi connectivity index (χ3v) is 3.94. The highest BCUT2D eigenvalue weighted by Gasteiger charge is 2.41. The van der Waals surface area contributed by atoms with E-state index >= 15 is 0 Å². The van der Waals surface area contributed by atoms with Crippen LogP contribution in [0.5, 0.6) is 0 Å². The van der Waals surface area contributed by atoms with Crippen LogP contribution in [0.4, 0.5) is 18.9 Å². The van der Waals surface area contributed by atoms with E-state index in [9.17, 15) is 18.0 Å². The quantitative estimate of drug-likeness (QED) is 0.781. The molecule has 1 unspecified atom stereocenters. The van der Waals surface area contributed by atoms with Crippen molar-refractivity contribution < 1.29 is 18.0 Å². The monoisotopic (exact) mass is 301 g/mol. The molecule has 0 radical (unpaired) electrons. The number of anilines is 1. The molecule has 1 atom stereocenters. The fourth-order valence-electron chi connectivity index (χ4n) is 2.38. The van der Waals surface area contributed by atoms with E-state index in [4.69, 9.17) is 11.5 Å². The summed E-state index contributed by atoms with van der Waals surface area (Å²) in [4.78, 5) is 11.4. The molecule has 7 heteroatoms. The van der Waals surface area contributed by atoms with Crippen LogP contribution in [0.2, 0.25) is 0 Å². The first-order chi connectivity index (χ1) is 9.67. The molecule has 1 aliphatic rings. The summed E-state index contributed by atoms with van der Waals surface area (Å²) in [7, 11) is 0. The molecule has 1 fully saturated rings. The van der Waals surface area contributed by atoms with Crippen LogP contribution >= 0.6 is 0 Å². The molecule has 0 saturated heterocycles. The molecule has 1 aromatic rings. The highest BCUT2D eigenvalue weighted by Crippen LogP contribution is 2.41. The summed E-state index contributed by atoms with van der Waals surface area (Å²) >= 11 is 0. The van der Waals surface area contributed by atoms with E-state index in [-0.39, 0.29) is 11.3 Å². The molecular formula is C14H18F3N3O. The average Bonchev–Trinajstić information content (AvgIpc) is 3.22. The second kappa shape index (κ2) is 5.22. The number of benzene rings is 1. The number of amides is 1. The summed E-state index contributed by atoms with van der Waals surface area (Å²) in [5.74, 6) is -0.552. The lowest BCUT2D eigenvalue weighted by atomic mass is 9.94. The Labute approximate surface area is 120 Å². The number of hydrogen-bond donors (Lipinski definition) is 3. The van der Waals surface area contributed by atoms with Gasteiger partial charge in [-0.1, -0.05) is 0 Å². The van der Waals surface area contributed by atoms with Gasteiger partial charge >= 0.3 is 6.18 Å². The molecule has 0 aliphatic heterocycles. The molecule has 0 aromatic heterocycles. The maximum Gasteiger partial charge on any atom is 0.416 e. The molecule has 4 nitrogen and oxygen atoms in total. The Hall–Kier alpha value is -1.76. The number of nitrogens with two attached hydrogens (primary N) is 2. The van der Waals surface area contributed by atoms with Crippen molar-refractivity contribution in [3.05, 3.63) is 29.3 Å². The van der Waals surface area contributed by atoms with Crippen molar-refractivity contribution in [2.24, 2.45) is 17.4 Å². The highest BCUT2D eigenvalue weighted by atomic mass is 19.4. The standard InChI is InChI=1S/C14H18F3N3O/c1-13(7-18,8-2-3-8)20-11-5-4-9(14(15,16)17)6-10(11)12(19)21/h4-6,8,20H,2-3,7,18H2,1H3,(H2,19,21). The van der Waals surface area contributed by atoms with Gasteiger partial charge in [-0.15, -0.1) is 0 Å². The zero-order valence-corrected chi connectivity index (χ0v) is 11.6. The first-order valence-electron chi connectivity index (χ1n) is 6.66. The predicted molar refractivity (Wildman–Crippen MR) is 73.8 cm³/mol. The van der Waals surface area contributed by atoms with Gasteiger partial charge in [0, 0.05) is 17.8 Å². The molecular weight excluding hydrogens is 283 g/mol. The topological polar surface area (TPSA) is 81.1 Å².